The van der Waals surface area contributed by atoms with Gasteiger partial charge in [0.15, 0.2) is 0 Å². The lowest BCUT2D eigenvalue weighted by atomic mass is 9.94. The molecule has 4 rings (SSSR count). The Bertz CT molecular complexity index is 1280. The Hall–Kier alpha value is -3.85. The van der Waals surface area contributed by atoms with Gasteiger partial charge in [0.2, 0.25) is 0 Å². The number of nitrogens with zero attached hydrogens (tertiary/aromatic N) is 1. The number of carbonyl (C=O) groups excluding carboxylic acids is 3. The predicted molar refractivity (Wildman–Crippen MR) is 114 cm³/mol. The number of nitrogens with one attached hydrogen (secondary N) is 3. The summed E-state index contributed by atoms with van der Waals surface area (Å²) in [5, 5.41) is 16.6. The first kappa shape index (κ1) is 20.4. The van der Waals surface area contributed by atoms with Crippen LogP contribution in [-0.4, -0.2) is 46.6 Å². The van der Waals surface area contributed by atoms with E-state index in [0.717, 1.165) is 0 Å². The fourth-order valence-corrected chi connectivity index (χ4v) is 3.95. The molecule has 158 valence electrons. The summed E-state index contributed by atoms with van der Waals surface area (Å²) in [5.41, 5.74) is 2.34. The highest BCUT2D eigenvalue weighted by Gasteiger charge is 2.34. The number of aryl methyl sites for hydroxylation is 1. The predicted octanol–water partition coefficient (Wildman–Crippen LogP) is 2.38. The molecule has 1 aliphatic rings. The number of imide groups is 1. The highest BCUT2D eigenvalue weighted by Crippen LogP contribution is 2.39. The maximum Gasteiger partial charge on any atom is 0.404 e. The number of hydrogen-bond acceptors (Lipinski definition) is 4. The molecule has 0 unspecified atom stereocenters. The number of hydrogen-bond donors (Lipinski definition) is 4. The second-order valence-corrected chi connectivity index (χ2v) is 7.35. The first-order valence-corrected chi connectivity index (χ1v) is 9.69. The first-order chi connectivity index (χ1) is 14.8. The fourth-order valence-electron chi connectivity index (χ4n) is 3.72. The van der Waals surface area contributed by atoms with Crippen LogP contribution in [0.25, 0.3) is 22.0 Å². The standard InChI is InChI=1S/C21H17ClN4O5/c1-26-14-8-11(10-4-2-3-5-13(10)22)16-17(20(29)25-19(16)28)12(14)9-15(26)18(27)23-6-7-24-21(30)31/h2-5,8-9,24H,6-7H2,1H3,(H,23,27)(H,30,31)(H,25,28,29). The molecular formula is C21H17ClN4O5. The minimum absolute atomic E-state index is 0.0496. The van der Waals surface area contributed by atoms with E-state index in [4.69, 9.17) is 16.7 Å². The van der Waals surface area contributed by atoms with Crippen LogP contribution < -0.4 is 16.0 Å². The Morgan fingerprint density at radius 1 is 1.03 bits per heavy atom. The number of carbonyl (C=O) groups is 4. The SMILES string of the molecule is Cn1c(C(=O)NCCNC(=O)O)cc2c3c(c(-c4ccccc4Cl)cc21)C(=O)NC3=O. The summed E-state index contributed by atoms with van der Waals surface area (Å²) >= 11 is 6.35. The monoisotopic (exact) mass is 440 g/mol. The van der Waals surface area contributed by atoms with Crippen LogP contribution in [0.1, 0.15) is 31.2 Å². The maximum atomic E-state index is 12.6. The molecule has 2 aromatic carbocycles. The molecule has 10 heteroatoms. The van der Waals surface area contributed by atoms with E-state index in [1.165, 1.54) is 0 Å². The van der Waals surface area contributed by atoms with E-state index in [1.807, 2.05) is 0 Å². The maximum absolute atomic E-state index is 12.6. The van der Waals surface area contributed by atoms with E-state index in [1.54, 1.807) is 48.0 Å². The normalized spacial score (nSPS) is 12.6. The molecule has 0 bridgehead atoms. The van der Waals surface area contributed by atoms with E-state index in [9.17, 15) is 19.2 Å². The van der Waals surface area contributed by atoms with Crippen molar-refractivity contribution in [1.29, 1.82) is 0 Å². The largest absolute Gasteiger partial charge is 0.465 e. The number of carboxylic acid groups (broad SMARTS) is 1. The second kappa shape index (κ2) is 7.77. The van der Waals surface area contributed by atoms with Crippen molar-refractivity contribution in [3.05, 3.63) is 58.2 Å². The van der Waals surface area contributed by atoms with Crippen LogP contribution in [-0.2, 0) is 7.05 Å². The summed E-state index contributed by atoms with van der Waals surface area (Å²) in [5.74, 6) is -1.50. The molecule has 0 fully saturated rings. The smallest absolute Gasteiger partial charge is 0.404 e. The molecule has 1 aliphatic heterocycles. The van der Waals surface area contributed by atoms with Gasteiger partial charge in [-0.25, -0.2) is 4.79 Å². The van der Waals surface area contributed by atoms with Gasteiger partial charge in [0.05, 0.1) is 11.1 Å². The van der Waals surface area contributed by atoms with Gasteiger partial charge in [0, 0.05) is 41.6 Å². The Morgan fingerprint density at radius 2 is 1.71 bits per heavy atom. The molecule has 0 radical (unpaired) electrons. The number of fused-ring (bicyclic) bond motifs is 3. The second-order valence-electron chi connectivity index (χ2n) is 6.95. The topological polar surface area (TPSA) is 130 Å². The zero-order valence-electron chi connectivity index (χ0n) is 16.3. The van der Waals surface area contributed by atoms with Crippen molar-refractivity contribution in [2.24, 2.45) is 7.05 Å². The van der Waals surface area contributed by atoms with E-state index >= 15 is 0 Å². The summed E-state index contributed by atoms with van der Waals surface area (Å²) in [7, 11) is 1.67. The molecule has 1 aromatic heterocycles. The van der Waals surface area contributed by atoms with Crippen LogP contribution >= 0.6 is 11.6 Å². The van der Waals surface area contributed by atoms with Crippen LogP contribution in [0, 0.1) is 0 Å². The molecule has 9 nitrogen and oxygen atoms in total. The molecule has 0 atom stereocenters. The Labute approximate surface area is 181 Å². The number of aromatic nitrogens is 1. The quantitative estimate of drug-likeness (QED) is 0.357. The van der Waals surface area contributed by atoms with Crippen LogP contribution in [0.2, 0.25) is 5.02 Å². The average molecular weight is 441 g/mol. The molecule has 4 N–H and O–H groups in total. The van der Waals surface area contributed by atoms with Crippen molar-refractivity contribution < 1.29 is 24.3 Å². The summed E-state index contributed by atoms with van der Waals surface area (Å²) in [6.45, 7) is 0.141. The summed E-state index contributed by atoms with van der Waals surface area (Å²) in [4.78, 5) is 48.3. The van der Waals surface area contributed by atoms with Crippen molar-refractivity contribution in [1.82, 2.24) is 20.5 Å². The van der Waals surface area contributed by atoms with Crippen LogP contribution in [0.3, 0.4) is 0 Å². The lowest BCUT2D eigenvalue weighted by Crippen LogP contribution is -2.34. The van der Waals surface area contributed by atoms with Gasteiger partial charge in [-0.15, -0.1) is 0 Å². The molecular weight excluding hydrogens is 424 g/mol. The van der Waals surface area contributed by atoms with Gasteiger partial charge in [-0.1, -0.05) is 29.8 Å². The fraction of sp³-hybridized carbons (Fsp3) is 0.143. The molecule has 4 amide bonds. The third-order valence-electron chi connectivity index (χ3n) is 5.11. The zero-order valence-corrected chi connectivity index (χ0v) is 17.0. The Morgan fingerprint density at radius 3 is 2.42 bits per heavy atom. The van der Waals surface area contributed by atoms with Gasteiger partial charge >= 0.3 is 6.09 Å². The minimum atomic E-state index is -1.18. The van der Waals surface area contributed by atoms with Gasteiger partial charge < -0.3 is 20.3 Å². The van der Waals surface area contributed by atoms with Gasteiger partial charge in [-0.2, -0.15) is 0 Å². The van der Waals surface area contributed by atoms with Crippen molar-refractivity contribution in [3.63, 3.8) is 0 Å². The number of amides is 4. The van der Waals surface area contributed by atoms with E-state index in [-0.39, 0.29) is 29.9 Å². The lowest BCUT2D eigenvalue weighted by molar-refractivity contribution is 0.0878. The molecule has 31 heavy (non-hydrogen) atoms. The van der Waals surface area contributed by atoms with Crippen molar-refractivity contribution in [2.75, 3.05) is 13.1 Å². The third kappa shape index (κ3) is 3.49. The van der Waals surface area contributed by atoms with Gasteiger partial charge in [-0.05, 0) is 23.8 Å². The highest BCUT2D eigenvalue weighted by molar-refractivity contribution is 6.35. The van der Waals surface area contributed by atoms with Crippen LogP contribution in [0.5, 0.6) is 0 Å². The minimum Gasteiger partial charge on any atom is -0.465 e. The number of halogens is 1. The third-order valence-corrected chi connectivity index (χ3v) is 5.44. The summed E-state index contributed by atoms with van der Waals surface area (Å²) < 4.78 is 1.62. The van der Waals surface area contributed by atoms with Crippen molar-refractivity contribution in [2.45, 2.75) is 0 Å². The number of rotatable bonds is 5. The molecule has 0 saturated heterocycles. The van der Waals surface area contributed by atoms with E-state index < -0.39 is 23.8 Å². The average Bonchev–Trinajstić information content (AvgIpc) is 3.21. The van der Waals surface area contributed by atoms with E-state index in [0.29, 0.717) is 27.1 Å². The van der Waals surface area contributed by atoms with Crippen LogP contribution in [0.15, 0.2) is 36.4 Å². The van der Waals surface area contributed by atoms with Gasteiger partial charge in [0.1, 0.15) is 5.69 Å². The number of benzene rings is 2. The van der Waals surface area contributed by atoms with Crippen LogP contribution in [0.4, 0.5) is 4.79 Å². The van der Waals surface area contributed by atoms with Crippen molar-refractivity contribution >= 4 is 46.3 Å². The molecule has 3 aromatic rings. The van der Waals surface area contributed by atoms with E-state index in [2.05, 4.69) is 16.0 Å². The highest BCUT2D eigenvalue weighted by atomic mass is 35.5. The zero-order chi connectivity index (χ0) is 22.3. The van der Waals surface area contributed by atoms with Crippen molar-refractivity contribution in [3.8, 4) is 11.1 Å². The molecule has 0 saturated carbocycles. The van der Waals surface area contributed by atoms with Gasteiger partial charge in [-0.3, -0.25) is 19.7 Å². The van der Waals surface area contributed by atoms with Gasteiger partial charge in [0.25, 0.3) is 17.7 Å². The Balaban J connectivity index is 1.84. The lowest BCUT2D eigenvalue weighted by Gasteiger charge is -2.11. The molecule has 2 heterocycles. The molecule has 0 aliphatic carbocycles. The summed E-state index contributed by atoms with van der Waals surface area (Å²) in [6.07, 6.45) is -1.18. The Kier molecular flexibility index (Phi) is 5.12. The summed E-state index contributed by atoms with van der Waals surface area (Å²) in [6, 6.07) is 10.3. The first-order valence-electron chi connectivity index (χ1n) is 9.31. The molecule has 0 spiro atoms.